The number of carbonyl (C=O) groups excluding carboxylic acids is 3. The summed E-state index contributed by atoms with van der Waals surface area (Å²) < 4.78 is 15.8. The molecule has 0 saturated heterocycles. The molecule has 2 rings (SSSR count). The van der Waals surface area contributed by atoms with Crippen molar-refractivity contribution in [3.63, 3.8) is 0 Å². The maximum atomic E-state index is 12.2. The van der Waals surface area contributed by atoms with E-state index in [0.29, 0.717) is 29.2 Å². The van der Waals surface area contributed by atoms with Crippen LogP contribution in [0.15, 0.2) is 18.2 Å². The van der Waals surface area contributed by atoms with Gasteiger partial charge in [-0.3, -0.25) is 14.4 Å². The van der Waals surface area contributed by atoms with Crippen LogP contribution in [-0.4, -0.2) is 38.7 Å². The fourth-order valence-corrected chi connectivity index (χ4v) is 2.75. The lowest BCUT2D eigenvalue weighted by Gasteiger charge is -2.16. The van der Waals surface area contributed by atoms with Crippen molar-refractivity contribution in [2.75, 3.05) is 21.3 Å². The summed E-state index contributed by atoms with van der Waals surface area (Å²) >= 11 is 0. The molecule has 0 N–H and O–H groups in total. The fourth-order valence-electron chi connectivity index (χ4n) is 2.75. The van der Waals surface area contributed by atoms with Gasteiger partial charge in [0.25, 0.3) is 0 Å². The molecule has 6 heteroatoms. The number of allylic oxidation sites excluding steroid dienone is 1. The molecule has 1 aromatic carbocycles. The van der Waals surface area contributed by atoms with Crippen molar-refractivity contribution in [2.24, 2.45) is 5.92 Å². The number of ether oxygens (including phenoxy) is 3. The fraction of sp³-hybridized carbons (Fsp3) is 0.389. The molecule has 0 radical (unpaired) electrons. The van der Waals surface area contributed by atoms with Crippen LogP contribution in [0.5, 0.6) is 17.2 Å². The van der Waals surface area contributed by atoms with E-state index in [2.05, 4.69) is 0 Å². The monoisotopic (exact) mass is 332 g/mol. The zero-order valence-electron chi connectivity index (χ0n) is 14.0. The first-order chi connectivity index (χ1) is 11.5. The summed E-state index contributed by atoms with van der Waals surface area (Å²) in [6.07, 6.45) is 3.83. The number of hydrogen-bond donors (Lipinski definition) is 0. The summed E-state index contributed by atoms with van der Waals surface area (Å²) in [5.74, 6) is -0.972. The summed E-state index contributed by atoms with van der Waals surface area (Å²) in [6, 6.07) is 3.39. The number of methoxy groups -OCH3 is 3. The first-order valence-corrected chi connectivity index (χ1v) is 7.59. The van der Waals surface area contributed by atoms with Crippen molar-refractivity contribution in [1.29, 1.82) is 0 Å². The Labute approximate surface area is 140 Å². The quantitative estimate of drug-likeness (QED) is 0.587. The van der Waals surface area contributed by atoms with Crippen molar-refractivity contribution >= 4 is 23.4 Å². The molecule has 0 unspecified atom stereocenters. The van der Waals surface area contributed by atoms with Gasteiger partial charge in [0.15, 0.2) is 28.8 Å². The lowest BCUT2D eigenvalue weighted by atomic mass is 9.83. The second kappa shape index (κ2) is 7.77. The van der Waals surface area contributed by atoms with Crippen LogP contribution < -0.4 is 14.2 Å². The first-order valence-electron chi connectivity index (χ1n) is 7.59. The van der Waals surface area contributed by atoms with Gasteiger partial charge in [-0.1, -0.05) is 0 Å². The van der Waals surface area contributed by atoms with Gasteiger partial charge < -0.3 is 14.2 Å². The van der Waals surface area contributed by atoms with Crippen molar-refractivity contribution in [2.45, 2.75) is 19.3 Å². The van der Waals surface area contributed by atoms with Crippen LogP contribution in [0.3, 0.4) is 0 Å². The SMILES string of the molecule is COc1ccc(C=CC(=O)C2C(=O)CCCC2=O)c(OC)c1OC. The Morgan fingerprint density at radius 1 is 1.00 bits per heavy atom. The molecule has 1 fully saturated rings. The molecule has 0 aliphatic heterocycles. The highest BCUT2D eigenvalue weighted by atomic mass is 16.5. The topological polar surface area (TPSA) is 78.9 Å². The zero-order valence-corrected chi connectivity index (χ0v) is 14.0. The van der Waals surface area contributed by atoms with E-state index in [1.54, 1.807) is 12.1 Å². The first kappa shape index (κ1) is 17.7. The minimum absolute atomic E-state index is 0.273. The summed E-state index contributed by atoms with van der Waals surface area (Å²) in [5.41, 5.74) is 0.583. The van der Waals surface area contributed by atoms with Crippen molar-refractivity contribution in [1.82, 2.24) is 0 Å². The second-order valence-electron chi connectivity index (χ2n) is 5.38. The largest absolute Gasteiger partial charge is 0.493 e. The number of benzene rings is 1. The standard InChI is InChI=1S/C18H20O6/c1-22-15-10-8-11(17(23-2)18(15)24-3)7-9-14(21)16-12(19)5-4-6-13(16)20/h7-10,16H,4-6H2,1-3H3. The lowest BCUT2D eigenvalue weighted by molar-refractivity contribution is -0.140. The summed E-state index contributed by atoms with van der Waals surface area (Å²) in [5, 5.41) is 0. The van der Waals surface area contributed by atoms with E-state index >= 15 is 0 Å². The van der Waals surface area contributed by atoms with Gasteiger partial charge >= 0.3 is 0 Å². The minimum Gasteiger partial charge on any atom is -0.493 e. The third-order valence-electron chi connectivity index (χ3n) is 3.94. The van der Waals surface area contributed by atoms with Gasteiger partial charge in [0.2, 0.25) is 5.75 Å². The maximum Gasteiger partial charge on any atom is 0.203 e. The third-order valence-corrected chi connectivity index (χ3v) is 3.94. The van der Waals surface area contributed by atoms with E-state index in [1.165, 1.54) is 33.5 Å². The average molecular weight is 332 g/mol. The molecule has 1 saturated carbocycles. The second-order valence-corrected chi connectivity index (χ2v) is 5.38. The zero-order chi connectivity index (χ0) is 17.7. The highest BCUT2D eigenvalue weighted by molar-refractivity contribution is 6.24. The summed E-state index contributed by atoms with van der Waals surface area (Å²) in [6.45, 7) is 0. The van der Waals surface area contributed by atoms with Crippen LogP contribution >= 0.6 is 0 Å². The number of carbonyl (C=O) groups is 3. The maximum absolute atomic E-state index is 12.2. The summed E-state index contributed by atoms with van der Waals surface area (Å²) in [4.78, 5) is 35.9. The van der Waals surface area contributed by atoms with Gasteiger partial charge in [-0.25, -0.2) is 0 Å². The van der Waals surface area contributed by atoms with Crippen molar-refractivity contribution in [3.8, 4) is 17.2 Å². The van der Waals surface area contributed by atoms with Gasteiger partial charge in [-0.2, -0.15) is 0 Å². The number of ketones is 3. The molecule has 1 aromatic rings. The Morgan fingerprint density at radius 2 is 1.62 bits per heavy atom. The van der Waals surface area contributed by atoms with E-state index in [0.717, 1.165) is 0 Å². The van der Waals surface area contributed by atoms with E-state index in [4.69, 9.17) is 14.2 Å². The van der Waals surface area contributed by atoms with Gasteiger partial charge in [0.05, 0.1) is 21.3 Å². The summed E-state index contributed by atoms with van der Waals surface area (Å²) in [7, 11) is 4.47. The molecular weight excluding hydrogens is 312 g/mol. The molecular formula is C18H20O6. The molecule has 0 amide bonds. The van der Waals surface area contributed by atoms with Gasteiger partial charge in [-0.05, 0) is 30.7 Å². The van der Waals surface area contributed by atoms with Crippen LogP contribution in [0, 0.1) is 5.92 Å². The molecule has 0 aromatic heterocycles. The molecule has 1 aliphatic carbocycles. The lowest BCUT2D eigenvalue weighted by Crippen LogP contribution is -2.34. The molecule has 6 nitrogen and oxygen atoms in total. The van der Waals surface area contributed by atoms with Crippen LogP contribution in [0.4, 0.5) is 0 Å². The normalized spacial score (nSPS) is 15.6. The van der Waals surface area contributed by atoms with Gasteiger partial charge in [0, 0.05) is 18.4 Å². The van der Waals surface area contributed by atoms with E-state index in [1.807, 2.05) is 0 Å². The predicted octanol–water partition coefficient (Wildman–Crippen LogP) is 2.23. The van der Waals surface area contributed by atoms with Gasteiger partial charge in [-0.15, -0.1) is 0 Å². The molecule has 24 heavy (non-hydrogen) atoms. The molecule has 128 valence electrons. The number of Topliss-reactive ketones (excluding diaryl/α,β-unsaturated/α-hetero) is 2. The minimum atomic E-state index is -1.17. The molecule has 0 spiro atoms. The van der Waals surface area contributed by atoms with Crippen LogP contribution in [0.2, 0.25) is 0 Å². The molecule has 0 atom stereocenters. The Hall–Kier alpha value is -2.63. The van der Waals surface area contributed by atoms with Crippen molar-refractivity contribution < 1.29 is 28.6 Å². The smallest absolute Gasteiger partial charge is 0.203 e. The van der Waals surface area contributed by atoms with Gasteiger partial charge in [0.1, 0.15) is 5.92 Å². The average Bonchev–Trinajstić information content (AvgIpc) is 2.58. The molecule has 0 bridgehead atoms. The highest BCUT2D eigenvalue weighted by Crippen LogP contribution is 2.40. The number of rotatable bonds is 6. The molecule has 1 aliphatic rings. The van der Waals surface area contributed by atoms with E-state index in [-0.39, 0.29) is 24.4 Å². The van der Waals surface area contributed by atoms with Crippen LogP contribution in [0.25, 0.3) is 6.08 Å². The Morgan fingerprint density at radius 3 is 2.17 bits per heavy atom. The Kier molecular flexibility index (Phi) is 5.73. The Bertz CT molecular complexity index is 673. The predicted molar refractivity (Wildman–Crippen MR) is 87.5 cm³/mol. The Balaban J connectivity index is 2.30. The van der Waals surface area contributed by atoms with Crippen LogP contribution in [-0.2, 0) is 14.4 Å². The van der Waals surface area contributed by atoms with Crippen molar-refractivity contribution in [3.05, 3.63) is 23.8 Å². The molecule has 0 heterocycles. The van der Waals surface area contributed by atoms with E-state index < -0.39 is 11.7 Å². The van der Waals surface area contributed by atoms with E-state index in [9.17, 15) is 14.4 Å². The highest BCUT2D eigenvalue weighted by Gasteiger charge is 2.34. The number of hydrogen-bond acceptors (Lipinski definition) is 6. The van der Waals surface area contributed by atoms with Crippen LogP contribution in [0.1, 0.15) is 24.8 Å². The third kappa shape index (κ3) is 3.48.